The fraction of sp³-hybridized carbons (Fsp3) is 0.400. The van der Waals surface area contributed by atoms with E-state index in [1.807, 2.05) is 0 Å². The summed E-state index contributed by atoms with van der Waals surface area (Å²) in [7, 11) is -3.74. The van der Waals surface area contributed by atoms with Crippen LogP contribution >= 0.6 is 0 Å². The molecule has 2 aromatic carbocycles. The zero-order valence-corrected chi connectivity index (χ0v) is 20.1. The van der Waals surface area contributed by atoms with Crippen molar-refractivity contribution in [2.45, 2.75) is 44.1 Å². The number of nitrogens with zero attached hydrogens (tertiary/aromatic N) is 2. The lowest BCUT2D eigenvalue weighted by molar-refractivity contribution is -0.135. The second-order valence-electron chi connectivity index (χ2n) is 8.78. The van der Waals surface area contributed by atoms with E-state index in [4.69, 9.17) is 4.74 Å². The molecule has 0 spiro atoms. The van der Waals surface area contributed by atoms with Gasteiger partial charge in [-0.1, -0.05) is 38.1 Å². The molecule has 8 nitrogen and oxygen atoms in total. The molecule has 0 unspecified atom stereocenters. The Balaban J connectivity index is 1.59. The topological polar surface area (TPSA) is 101 Å². The average molecular weight is 485 g/mol. The van der Waals surface area contributed by atoms with Crippen molar-refractivity contribution >= 4 is 27.6 Å². The van der Waals surface area contributed by atoms with Crippen molar-refractivity contribution in [1.29, 1.82) is 0 Å². The van der Waals surface area contributed by atoms with Gasteiger partial charge in [0.2, 0.25) is 10.0 Å². The maximum atomic E-state index is 13.1. The Bertz CT molecular complexity index is 1220. The van der Waals surface area contributed by atoms with Gasteiger partial charge in [0.1, 0.15) is 5.75 Å². The highest BCUT2D eigenvalue weighted by Gasteiger charge is 2.37. The minimum Gasteiger partial charge on any atom is -0.480 e. The van der Waals surface area contributed by atoms with Crippen LogP contribution in [0.1, 0.15) is 53.8 Å². The number of Topliss-reactive ketones (excluding diaryl/α,β-unsaturated/α-hetero) is 1. The van der Waals surface area contributed by atoms with E-state index in [1.54, 1.807) is 31.2 Å². The Morgan fingerprint density at radius 3 is 2.47 bits per heavy atom. The van der Waals surface area contributed by atoms with Crippen LogP contribution < -0.4 is 4.74 Å². The summed E-state index contributed by atoms with van der Waals surface area (Å²) in [5, 5.41) is 0. The molecule has 1 atom stereocenters. The summed E-state index contributed by atoms with van der Waals surface area (Å²) in [6, 6.07) is 12.3. The van der Waals surface area contributed by atoms with Gasteiger partial charge in [-0.15, -0.1) is 0 Å². The van der Waals surface area contributed by atoms with Crippen LogP contribution in [0.25, 0.3) is 0 Å². The number of para-hydroxylation sites is 1. The summed E-state index contributed by atoms with van der Waals surface area (Å²) in [4.78, 5) is 40.2. The first-order valence-corrected chi connectivity index (χ1v) is 12.9. The van der Waals surface area contributed by atoms with Crippen LogP contribution in [0.5, 0.6) is 5.75 Å². The van der Waals surface area contributed by atoms with E-state index in [2.05, 4.69) is 6.92 Å². The Kier molecular flexibility index (Phi) is 6.86. The van der Waals surface area contributed by atoms with Crippen molar-refractivity contribution in [2.24, 2.45) is 5.92 Å². The van der Waals surface area contributed by atoms with Gasteiger partial charge in [-0.05, 0) is 49.4 Å². The molecule has 0 aliphatic carbocycles. The summed E-state index contributed by atoms with van der Waals surface area (Å²) in [6.07, 6.45) is 1.01. The molecule has 0 bridgehead atoms. The van der Waals surface area contributed by atoms with Gasteiger partial charge in [0.05, 0.1) is 17.0 Å². The van der Waals surface area contributed by atoms with Crippen LogP contribution in [0.3, 0.4) is 0 Å². The predicted molar refractivity (Wildman–Crippen MR) is 125 cm³/mol. The molecule has 0 aromatic heterocycles. The normalized spacial score (nSPS) is 19.9. The van der Waals surface area contributed by atoms with Crippen molar-refractivity contribution in [3.05, 3.63) is 59.7 Å². The molecular weight excluding hydrogens is 456 g/mol. The highest BCUT2D eigenvalue weighted by Crippen LogP contribution is 2.27. The molecule has 0 saturated carbocycles. The average Bonchev–Trinajstić information content (AvgIpc) is 2.94. The highest BCUT2D eigenvalue weighted by molar-refractivity contribution is 7.89. The molecule has 34 heavy (non-hydrogen) atoms. The molecule has 2 aromatic rings. The largest absolute Gasteiger partial charge is 0.480 e. The van der Waals surface area contributed by atoms with Gasteiger partial charge >= 0.3 is 0 Å². The molecule has 2 heterocycles. The Morgan fingerprint density at radius 1 is 1.06 bits per heavy atom. The smallest absolute Gasteiger partial charge is 0.270 e. The third-order valence-corrected chi connectivity index (χ3v) is 8.28. The van der Waals surface area contributed by atoms with E-state index in [0.29, 0.717) is 31.2 Å². The summed E-state index contributed by atoms with van der Waals surface area (Å²) in [6.45, 7) is 4.24. The predicted octanol–water partition coefficient (Wildman–Crippen LogP) is 3.13. The number of fused-ring (bicyclic) bond motifs is 1. The number of ketones is 1. The van der Waals surface area contributed by atoms with Crippen molar-refractivity contribution < 1.29 is 27.5 Å². The molecule has 0 N–H and O–H groups in total. The Labute approximate surface area is 199 Å². The van der Waals surface area contributed by atoms with Gasteiger partial charge in [0.15, 0.2) is 11.9 Å². The second-order valence-corrected chi connectivity index (χ2v) is 10.7. The molecule has 0 radical (unpaired) electrons. The quantitative estimate of drug-likeness (QED) is 0.461. The fourth-order valence-corrected chi connectivity index (χ4v) is 5.73. The number of carbonyl (C=O) groups is 3. The fourth-order valence-electron chi connectivity index (χ4n) is 4.22. The second kappa shape index (κ2) is 9.68. The molecule has 9 heteroatoms. The SMILES string of the molecule is CC[C@@H]1Oc2ccccc2C(=O)N(CC(=O)c2cccc(S(=O)(=O)N3CCC(C)CC3)c2)C1=O. The Hall–Kier alpha value is -3.04. The van der Waals surface area contributed by atoms with Crippen LogP contribution in [-0.2, 0) is 14.8 Å². The van der Waals surface area contributed by atoms with E-state index >= 15 is 0 Å². The van der Waals surface area contributed by atoms with Gasteiger partial charge in [-0.3, -0.25) is 19.3 Å². The van der Waals surface area contributed by atoms with E-state index in [0.717, 1.165) is 17.7 Å². The third-order valence-electron chi connectivity index (χ3n) is 6.38. The molecule has 2 aliphatic heterocycles. The number of carbonyl (C=O) groups excluding carboxylic acids is 3. The van der Waals surface area contributed by atoms with Crippen LogP contribution in [0.15, 0.2) is 53.4 Å². The van der Waals surface area contributed by atoms with Gasteiger partial charge in [-0.2, -0.15) is 4.31 Å². The lowest BCUT2D eigenvalue weighted by Gasteiger charge is -2.29. The maximum Gasteiger partial charge on any atom is 0.270 e. The number of hydrogen-bond donors (Lipinski definition) is 0. The third kappa shape index (κ3) is 4.63. The number of amides is 2. The highest BCUT2D eigenvalue weighted by atomic mass is 32.2. The number of sulfonamides is 1. The van der Waals surface area contributed by atoms with Gasteiger partial charge < -0.3 is 4.74 Å². The van der Waals surface area contributed by atoms with Gasteiger partial charge in [-0.25, -0.2) is 8.42 Å². The monoisotopic (exact) mass is 484 g/mol. The Morgan fingerprint density at radius 2 is 1.76 bits per heavy atom. The van der Waals surface area contributed by atoms with Crippen molar-refractivity contribution in [3.63, 3.8) is 0 Å². The first kappa shape index (κ1) is 24.1. The lowest BCUT2D eigenvalue weighted by atomic mass is 10.0. The molecule has 2 aliphatic rings. The van der Waals surface area contributed by atoms with Crippen molar-refractivity contribution in [2.75, 3.05) is 19.6 Å². The van der Waals surface area contributed by atoms with Gasteiger partial charge in [0, 0.05) is 18.7 Å². The summed E-state index contributed by atoms with van der Waals surface area (Å²) < 4.78 is 33.4. The van der Waals surface area contributed by atoms with Crippen LogP contribution in [-0.4, -0.2) is 61.0 Å². The first-order chi connectivity index (χ1) is 16.2. The molecule has 4 rings (SSSR count). The zero-order chi connectivity index (χ0) is 24.5. The van der Waals surface area contributed by atoms with Gasteiger partial charge in [0.25, 0.3) is 11.8 Å². The van der Waals surface area contributed by atoms with E-state index < -0.39 is 40.3 Å². The van der Waals surface area contributed by atoms with Crippen LogP contribution in [0.2, 0.25) is 0 Å². The van der Waals surface area contributed by atoms with E-state index in [1.165, 1.54) is 28.6 Å². The van der Waals surface area contributed by atoms with Crippen LogP contribution in [0.4, 0.5) is 0 Å². The first-order valence-electron chi connectivity index (χ1n) is 11.5. The number of piperidine rings is 1. The molecule has 1 saturated heterocycles. The summed E-state index contributed by atoms with van der Waals surface area (Å²) in [5.41, 5.74) is 0.328. The number of ether oxygens (including phenoxy) is 1. The number of benzene rings is 2. The minimum atomic E-state index is -3.74. The summed E-state index contributed by atoms with van der Waals surface area (Å²) in [5.74, 6) is -0.963. The van der Waals surface area contributed by atoms with Crippen molar-refractivity contribution in [1.82, 2.24) is 9.21 Å². The van der Waals surface area contributed by atoms with E-state index in [9.17, 15) is 22.8 Å². The molecular formula is C25H28N2O6S. The molecule has 180 valence electrons. The standard InChI is InChI=1S/C25H28N2O6S/c1-3-22-25(30)27(24(29)20-9-4-5-10-23(20)33-22)16-21(28)18-7-6-8-19(15-18)34(31,32)26-13-11-17(2)12-14-26/h4-10,15,17,22H,3,11-14,16H2,1-2H3/t22-/m0/s1. The summed E-state index contributed by atoms with van der Waals surface area (Å²) >= 11 is 0. The minimum absolute atomic E-state index is 0.0292. The van der Waals surface area contributed by atoms with Crippen LogP contribution in [0, 0.1) is 5.92 Å². The maximum absolute atomic E-state index is 13.1. The van der Waals surface area contributed by atoms with Crippen molar-refractivity contribution in [3.8, 4) is 5.75 Å². The number of hydrogen-bond acceptors (Lipinski definition) is 6. The number of imide groups is 1. The lowest BCUT2D eigenvalue weighted by Crippen LogP contribution is -2.45. The number of rotatable bonds is 6. The zero-order valence-electron chi connectivity index (χ0n) is 19.3. The van der Waals surface area contributed by atoms with E-state index in [-0.39, 0.29) is 16.0 Å². The molecule has 2 amide bonds. The molecule has 1 fully saturated rings.